The van der Waals surface area contributed by atoms with Crippen LogP contribution in [0.15, 0.2) is 45.7 Å². The number of nitrogens with one attached hydrogen (secondary N) is 1. The standard InChI is InChI=1S/C15H14N2O2/c1-2-8-16-14-13-11(7-9-17-14)10-5-3-4-6-12(10)19-15(13)18/h3-7,9H,2,8H2,1H3,(H,16,17). The normalized spacial score (nSPS) is 11.0. The van der Waals surface area contributed by atoms with E-state index in [9.17, 15) is 4.79 Å². The van der Waals surface area contributed by atoms with Gasteiger partial charge in [0.25, 0.3) is 0 Å². The first-order chi connectivity index (χ1) is 9.31. The summed E-state index contributed by atoms with van der Waals surface area (Å²) in [5, 5.41) is 5.50. The van der Waals surface area contributed by atoms with Crippen molar-refractivity contribution < 1.29 is 4.42 Å². The molecule has 0 aliphatic carbocycles. The van der Waals surface area contributed by atoms with Crippen molar-refractivity contribution in [2.75, 3.05) is 11.9 Å². The lowest BCUT2D eigenvalue weighted by Gasteiger charge is -2.08. The van der Waals surface area contributed by atoms with Gasteiger partial charge in [0.05, 0.1) is 0 Å². The van der Waals surface area contributed by atoms with Gasteiger partial charge in [0.2, 0.25) is 0 Å². The van der Waals surface area contributed by atoms with E-state index in [1.807, 2.05) is 24.3 Å². The molecule has 0 fully saturated rings. The molecule has 2 aromatic heterocycles. The Bertz CT molecular complexity index is 793. The van der Waals surface area contributed by atoms with Gasteiger partial charge in [0.15, 0.2) is 0 Å². The Hall–Kier alpha value is -2.36. The highest BCUT2D eigenvalue weighted by atomic mass is 16.4. The van der Waals surface area contributed by atoms with Crippen molar-refractivity contribution in [1.82, 2.24) is 4.98 Å². The Morgan fingerprint density at radius 2 is 2.05 bits per heavy atom. The van der Waals surface area contributed by atoms with Crippen molar-refractivity contribution in [2.45, 2.75) is 13.3 Å². The molecule has 0 saturated heterocycles. The molecule has 3 aromatic rings. The van der Waals surface area contributed by atoms with Gasteiger partial charge < -0.3 is 9.73 Å². The molecule has 0 unspecified atom stereocenters. The van der Waals surface area contributed by atoms with Gasteiger partial charge in [-0.15, -0.1) is 0 Å². The first-order valence-electron chi connectivity index (χ1n) is 6.35. The van der Waals surface area contributed by atoms with Gasteiger partial charge in [0.1, 0.15) is 16.8 Å². The second-order valence-corrected chi connectivity index (χ2v) is 4.39. The summed E-state index contributed by atoms with van der Waals surface area (Å²) < 4.78 is 5.36. The molecule has 0 saturated carbocycles. The third-order valence-corrected chi connectivity index (χ3v) is 3.08. The smallest absolute Gasteiger partial charge is 0.347 e. The van der Waals surface area contributed by atoms with Crippen LogP contribution >= 0.6 is 0 Å². The molecule has 0 atom stereocenters. The van der Waals surface area contributed by atoms with Gasteiger partial charge in [-0.1, -0.05) is 25.1 Å². The number of benzene rings is 1. The molecule has 0 radical (unpaired) electrons. The minimum atomic E-state index is -0.347. The van der Waals surface area contributed by atoms with Crippen LogP contribution in [0.1, 0.15) is 13.3 Å². The maximum atomic E-state index is 12.1. The number of para-hydroxylation sites is 1. The SMILES string of the molecule is CCCNc1nccc2c1c(=O)oc1ccccc12. The molecular weight excluding hydrogens is 240 g/mol. The first kappa shape index (κ1) is 11.7. The zero-order valence-electron chi connectivity index (χ0n) is 10.6. The van der Waals surface area contributed by atoms with Crippen LogP contribution in [0.2, 0.25) is 0 Å². The minimum absolute atomic E-state index is 0.347. The van der Waals surface area contributed by atoms with Gasteiger partial charge in [-0.25, -0.2) is 9.78 Å². The van der Waals surface area contributed by atoms with Crippen LogP contribution in [-0.4, -0.2) is 11.5 Å². The number of nitrogens with zero attached hydrogens (tertiary/aromatic N) is 1. The summed E-state index contributed by atoms with van der Waals surface area (Å²) in [4.78, 5) is 16.4. The topological polar surface area (TPSA) is 55.1 Å². The number of anilines is 1. The lowest BCUT2D eigenvalue weighted by molar-refractivity contribution is 0.569. The lowest BCUT2D eigenvalue weighted by Crippen LogP contribution is -2.08. The molecule has 0 bridgehead atoms. The summed E-state index contributed by atoms with van der Waals surface area (Å²) >= 11 is 0. The van der Waals surface area contributed by atoms with E-state index in [2.05, 4.69) is 17.2 Å². The van der Waals surface area contributed by atoms with Crippen LogP contribution in [0.4, 0.5) is 5.82 Å². The molecule has 2 heterocycles. The van der Waals surface area contributed by atoms with Gasteiger partial charge in [0, 0.05) is 23.5 Å². The van der Waals surface area contributed by atoms with Crippen LogP contribution in [-0.2, 0) is 0 Å². The third-order valence-electron chi connectivity index (χ3n) is 3.08. The molecule has 1 N–H and O–H groups in total. The quantitative estimate of drug-likeness (QED) is 0.576. The fourth-order valence-electron chi connectivity index (χ4n) is 2.20. The van der Waals surface area contributed by atoms with Gasteiger partial charge >= 0.3 is 5.63 Å². The van der Waals surface area contributed by atoms with Crippen molar-refractivity contribution in [3.8, 4) is 0 Å². The highest BCUT2D eigenvalue weighted by Gasteiger charge is 2.11. The van der Waals surface area contributed by atoms with Crippen molar-refractivity contribution in [1.29, 1.82) is 0 Å². The van der Waals surface area contributed by atoms with Crippen LogP contribution in [0, 0.1) is 0 Å². The average molecular weight is 254 g/mol. The van der Waals surface area contributed by atoms with E-state index in [-0.39, 0.29) is 5.63 Å². The first-order valence-corrected chi connectivity index (χ1v) is 6.35. The molecular formula is C15H14N2O2. The number of rotatable bonds is 3. The van der Waals surface area contributed by atoms with E-state index in [0.717, 1.165) is 23.7 Å². The summed E-state index contributed by atoms with van der Waals surface area (Å²) in [7, 11) is 0. The predicted molar refractivity (Wildman–Crippen MR) is 76.6 cm³/mol. The maximum Gasteiger partial charge on any atom is 0.347 e. The van der Waals surface area contributed by atoms with Gasteiger partial charge in [-0.05, 0) is 18.6 Å². The molecule has 0 spiro atoms. The van der Waals surface area contributed by atoms with Gasteiger partial charge in [-0.3, -0.25) is 0 Å². The largest absolute Gasteiger partial charge is 0.422 e. The summed E-state index contributed by atoms with van der Waals surface area (Å²) in [6, 6.07) is 9.39. The second-order valence-electron chi connectivity index (χ2n) is 4.39. The summed E-state index contributed by atoms with van der Waals surface area (Å²) in [6.45, 7) is 2.84. The molecule has 0 aliphatic heterocycles. The van der Waals surface area contributed by atoms with Crippen molar-refractivity contribution in [3.05, 3.63) is 46.9 Å². The molecule has 1 aromatic carbocycles. The number of hydrogen-bond acceptors (Lipinski definition) is 4. The van der Waals surface area contributed by atoms with Crippen LogP contribution in [0.25, 0.3) is 21.7 Å². The second kappa shape index (κ2) is 4.72. The Balaban J connectivity index is 2.37. The highest BCUT2D eigenvalue weighted by Crippen LogP contribution is 2.25. The van der Waals surface area contributed by atoms with Crippen LogP contribution < -0.4 is 10.9 Å². The Morgan fingerprint density at radius 3 is 2.89 bits per heavy atom. The molecule has 4 nitrogen and oxygen atoms in total. The van der Waals surface area contributed by atoms with E-state index in [1.54, 1.807) is 12.3 Å². The fourth-order valence-corrected chi connectivity index (χ4v) is 2.20. The van der Waals surface area contributed by atoms with Gasteiger partial charge in [-0.2, -0.15) is 0 Å². The van der Waals surface area contributed by atoms with Crippen LogP contribution in [0.5, 0.6) is 0 Å². The third kappa shape index (κ3) is 1.95. The summed E-state index contributed by atoms with van der Waals surface area (Å²) in [5.74, 6) is 0.596. The van der Waals surface area contributed by atoms with Crippen molar-refractivity contribution in [2.24, 2.45) is 0 Å². The zero-order chi connectivity index (χ0) is 13.2. The average Bonchev–Trinajstić information content (AvgIpc) is 2.45. The lowest BCUT2D eigenvalue weighted by atomic mass is 10.1. The zero-order valence-corrected chi connectivity index (χ0v) is 10.6. The molecule has 96 valence electrons. The van der Waals surface area contributed by atoms with E-state index in [4.69, 9.17) is 4.42 Å². The van der Waals surface area contributed by atoms with E-state index in [1.165, 1.54) is 0 Å². The summed E-state index contributed by atoms with van der Waals surface area (Å²) in [6.07, 6.45) is 2.68. The fraction of sp³-hybridized carbons (Fsp3) is 0.200. The Labute approximate surface area is 110 Å². The van der Waals surface area contributed by atoms with E-state index < -0.39 is 0 Å². The van der Waals surface area contributed by atoms with Crippen molar-refractivity contribution in [3.63, 3.8) is 0 Å². The minimum Gasteiger partial charge on any atom is -0.422 e. The maximum absolute atomic E-state index is 12.1. The monoisotopic (exact) mass is 254 g/mol. The Kier molecular flexibility index (Phi) is 2.91. The molecule has 3 rings (SSSR count). The van der Waals surface area contributed by atoms with E-state index in [0.29, 0.717) is 16.8 Å². The number of aromatic nitrogens is 1. The van der Waals surface area contributed by atoms with Crippen molar-refractivity contribution >= 4 is 27.6 Å². The summed E-state index contributed by atoms with van der Waals surface area (Å²) in [5.41, 5.74) is 0.257. The number of fused-ring (bicyclic) bond motifs is 3. The Morgan fingerprint density at radius 1 is 1.21 bits per heavy atom. The van der Waals surface area contributed by atoms with Crippen LogP contribution in [0.3, 0.4) is 0 Å². The van der Waals surface area contributed by atoms with E-state index >= 15 is 0 Å². The molecule has 19 heavy (non-hydrogen) atoms. The number of hydrogen-bond donors (Lipinski definition) is 1. The molecule has 4 heteroatoms. The highest BCUT2D eigenvalue weighted by molar-refractivity contribution is 6.07. The molecule has 0 amide bonds. The number of pyridine rings is 1. The molecule has 0 aliphatic rings. The predicted octanol–water partition coefficient (Wildman–Crippen LogP) is 3.16.